The fraction of sp³-hybridized carbons (Fsp3) is 0.667. The minimum absolute atomic E-state index is 0.0437. The van der Waals surface area contributed by atoms with Crippen molar-refractivity contribution in [3.05, 3.63) is 11.8 Å². The molecule has 0 saturated carbocycles. The highest BCUT2D eigenvalue weighted by molar-refractivity contribution is 5.87. The zero-order valence-corrected chi connectivity index (χ0v) is 7.68. The molecular weight excluding hydrogens is 140 g/mol. The van der Waals surface area contributed by atoms with E-state index in [1.54, 1.807) is 6.08 Å². The summed E-state index contributed by atoms with van der Waals surface area (Å²) in [6.07, 6.45) is 1.55. The second kappa shape index (κ2) is 4.94. The first-order chi connectivity index (χ1) is 5.07. The highest BCUT2D eigenvalue weighted by Gasteiger charge is 2.03. The van der Waals surface area contributed by atoms with E-state index in [1.165, 1.54) is 6.92 Å². The Morgan fingerprint density at radius 1 is 1.55 bits per heavy atom. The number of hydrogen-bond donors (Lipinski definition) is 0. The van der Waals surface area contributed by atoms with Crippen molar-refractivity contribution in [2.24, 2.45) is 5.92 Å². The summed E-state index contributed by atoms with van der Waals surface area (Å²) in [5, 5.41) is 0. The number of ether oxygens (including phenoxy) is 1. The quantitative estimate of drug-likeness (QED) is 0.460. The van der Waals surface area contributed by atoms with E-state index in [1.807, 2.05) is 20.8 Å². The van der Waals surface area contributed by atoms with Gasteiger partial charge in [-0.2, -0.15) is 0 Å². The predicted molar refractivity (Wildman–Crippen MR) is 45.2 cm³/mol. The summed E-state index contributed by atoms with van der Waals surface area (Å²) in [6, 6.07) is 0. The molecule has 0 aromatic carbocycles. The van der Waals surface area contributed by atoms with Crippen molar-refractivity contribution in [2.75, 3.05) is 6.61 Å². The van der Waals surface area contributed by atoms with Crippen molar-refractivity contribution >= 4 is 5.78 Å². The number of hydrogen-bond acceptors (Lipinski definition) is 2. The lowest BCUT2D eigenvalue weighted by Gasteiger charge is -2.10. The Kier molecular flexibility index (Phi) is 4.59. The van der Waals surface area contributed by atoms with Crippen LogP contribution < -0.4 is 0 Å². The standard InChI is InChI=1S/C9H16O2/c1-5-11-9(7(2)3)6-8(4)10/h6-7H,5H2,1-4H3/b9-6+. The Bertz CT molecular complexity index is 157. The summed E-state index contributed by atoms with van der Waals surface area (Å²) in [6.45, 7) is 8.07. The molecule has 0 bridgehead atoms. The van der Waals surface area contributed by atoms with E-state index in [2.05, 4.69) is 0 Å². The molecule has 2 heteroatoms. The predicted octanol–water partition coefficient (Wildman–Crippen LogP) is 2.15. The molecule has 2 nitrogen and oxygen atoms in total. The van der Waals surface area contributed by atoms with Crippen LogP contribution in [0.5, 0.6) is 0 Å². The Hall–Kier alpha value is -0.790. The molecule has 0 saturated heterocycles. The first-order valence-corrected chi connectivity index (χ1v) is 3.92. The maximum Gasteiger partial charge on any atom is 0.155 e. The van der Waals surface area contributed by atoms with E-state index in [9.17, 15) is 4.79 Å². The molecule has 0 atom stereocenters. The van der Waals surface area contributed by atoms with Crippen molar-refractivity contribution in [1.29, 1.82) is 0 Å². The number of carbonyl (C=O) groups is 1. The smallest absolute Gasteiger partial charge is 0.155 e. The molecule has 0 amide bonds. The summed E-state index contributed by atoms with van der Waals surface area (Å²) < 4.78 is 5.25. The molecular formula is C9H16O2. The second-order valence-electron chi connectivity index (χ2n) is 2.75. The SMILES string of the molecule is CCO/C(=C/C(C)=O)C(C)C. The van der Waals surface area contributed by atoms with Crippen LogP contribution in [0.4, 0.5) is 0 Å². The van der Waals surface area contributed by atoms with E-state index in [4.69, 9.17) is 4.74 Å². The fourth-order valence-electron chi connectivity index (χ4n) is 0.742. The van der Waals surface area contributed by atoms with Crippen LogP contribution in [0.25, 0.3) is 0 Å². The zero-order valence-electron chi connectivity index (χ0n) is 7.68. The Morgan fingerprint density at radius 3 is 2.36 bits per heavy atom. The molecule has 0 aromatic rings. The van der Waals surface area contributed by atoms with Gasteiger partial charge in [-0.3, -0.25) is 4.79 Å². The highest BCUT2D eigenvalue weighted by atomic mass is 16.5. The number of rotatable bonds is 4. The van der Waals surface area contributed by atoms with Crippen molar-refractivity contribution in [1.82, 2.24) is 0 Å². The van der Waals surface area contributed by atoms with Crippen molar-refractivity contribution < 1.29 is 9.53 Å². The van der Waals surface area contributed by atoms with E-state index in [0.717, 1.165) is 5.76 Å². The van der Waals surface area contributed by atoms with Crippen molar-refractivity contribution in [2.45, 2.75) is 27.7 Å². The van der Waals surface area contributed by atoms with Gasteiger partial charge in [0.25, 0.3) is 0 Å². The molecule has 0 N–H and O–H groups in total. The summed E-state index contributed by atoms with van der Waals surface area (Å²) in [5.74, 6) is 1.11. The van der Waals surface area contributed by atoms with Crippen LogP contribution in [-0.2, 0) is 9.53 Å². The molecule has 0 aliphatic heterocycles. The first-order valence-electron chi connectivity index (χ1n) is 3.92. The van der Waals surface area contributed by atoms with Gasteiger partial charge in [0.1, 0.15) is 5.76 Å². The molecule has 0 spiro atoms. The molecule has 0 aromatic heterocycles. The van der Waals surface area contributed by atoms with Crippen LogP contribution in [0.1, 0.15) is 27.7 Å². The Morgan fingerprint density at radius 2 is 2.09 bits per heavy atom. The van der Waals surface area contributed by atoms with Gasteiger partial charge in [-0.25, -0.2) is 0 Å². The van der Waals surface area contributed by atoms with Gasteiger partial charge in [-0.15, -0.1) is 0 Å². The van der Waals surface area contributed by atoms with E-state index >= 15 is 0 Å². The molecule has 0 aliphatic rings. The van der Waals surface area contributed by atoms with Crippen molar-refractivity contribution in [3.8, 4) is 0 Å². The Balaban J connectivity index is 4.20. The van der Waals surface area contributed by atoms with Crippen LogP contribution in [0, 0.1) is 5.92 Å². The molecule has 0 radical (unpaired) electrons. The first kappa shape index (κ1) is 10.2. The van der Waals surface area contributed by atoms with Gasteiger partial charge in [0, 0.05) is 12.0 Å². The number of ketones is 1. The van der Waals surface area contributed by atoms with Crippen LogP contribution in [0.15, 0.2) is 11.8 Å². The lowest BCUT2D eigenvalue weighted by Crippen LogP contribution is -2.01. The van der Waals surface area contributed by atoms with Crippen LogP contribution in [0.3, 0.4) is 0 Å². The molecule has 0 aliphatic carbocycles. The topological polar surface area (TPSA) is 26.3 Å². The summed E-state index contributed by atoms with van der Waals surface area (Å²) in [5.41, 5.74) is 0. The van der Waals surface area contributed by atoms with Crippen LogP contribution >= 0.6 is 0 Å². The zero-order chi connectivity index (χ0) is 8.85. The summed E-state index contributed by atoms with van der Waals surface area (Å²) >= 11 is 0. The minimum Gasteiger partial charge on any atom is -0.498 e. The molecule has 64 valence electrons. The average Bonchev–Trinajstić information content (AvgIpc) is 1.86. The highest BCUT2D eigenvalue weighted by Crippen LogP contribution is 2.10. The second-order valence-corrected chi connectivity index (χ2v) is 2.75. The van der Waals surface area contributed by atoms with E-state index in [0.29, 0.717) is 12.5 Å². The van der Waals surface area contributed by atoms with Gasteiger partial charge >= 0.3 is 0 Å². The average molecular weight is 156 g/mol. The maximum absolute atomic E-state index is 10.7. The van der Waals surface area contributed by atoms with Gasteiger partial charge in [-0.1, -0.05) is 13.8 Å². The largest absolute Gasteiger partial charge is 0.498 e. The third-order valence-electron chi connectivity index (χ3n) is 1.23. The van der Waals surface area contributed by atoms with Gasteiger partial charge in [0.2, 0.25) is 0 Å². The van der Waals surface area contributed by atoms with Gasteiger partial charge < -0.3 is 4.74 Å². The number of carbonyl (C=O) groups excluding carboxylic acids is 1. The van der Waals surface area contributed by atoms with E-state index in [-0.39, 0.29) is 5.78 Å². The third kappa shape index (κ3) is 4.59. The monoisotopic (exact) mass is 156 g/mol. The van der Waals surface area contributed by atoms with Crippen molar-refractivity contribution in [3.63, 3.8) is 0 Å². The normalized spacial score (nSPS) is 11.9. The lowest BCUT2D eigenvalue weighted by atomic mass is 10.1. The minimum atomic E-state index is 0.0437. The molecule has 0 fully saturated rings. The maximum atomic E-state index is 10.7. The Labute approximate surface area is 68.2 Å². The number of allylic oxidation sites excluding steroid dienone is 2. The summed E-state index contributed by atoms with van der Waals surface area (Å²) in [7, 11) is 0. The molecule has 0 heterocycles. The third-order valence-corrected chi connectivity index (χ3v) is 1.23. The van der Waals surface area contributed by atoms with Gasteiger partial charge in [0.05, 0.1) is 6.61 Å². The lowest BCUT2D eigenvalue weighted by molar-refractivity contribution is -0.112. The molecule has 11 heavy (non-hydrogen) atoms. The molecule has 0 rings (SSSR count). The van der Waals surface area contributed by atoms with Crippen LogP contribution in [-0.4, -0.2) is 12.4 Å². The molecule has 0 unspecified atom stereocenters. The van der Waals surface area contributed by atoms with Gasteiger partial charge in [0.15, 0.2) is 5.78 Å². The fourth-order valence-corrected chi connectivity index (χ4v) is 0.742. The van der Waals surface area contributed by atoms with E-state index < -0.39 is 0 Å². The van der Waals surface area contributed by atoms with Crippen LogP contribution in [0.2, 0.25) is 0 Å². The summed E-state index contributed by atoms with van der Waals surface area (Å²) in [4.78, 5) is 10.7. The van der Waals surface area contributed by atoms with Gasteiger partial charge in [-0.05, 0) is 13.8 Å².